The van der Waals surface area contributed by atoms with Gasteiger partial charge in [0.25, 0.3) is 0 Å². The van der Waals surface area contributed by atoms with Crippen LogP contribution >= 0.6 is 23.2 Å². The molecule has 3 nitrogen and oxygen atoms in total. The number of rotatable bonds is 5. The molecular formula is C15H22Cl2N2O. The van der Waals surface area contributed by atoms with Gasteiger partial charge in [-0.2, -0.15) is 0 Å². The normalized spacial score (nSPS) is 20.6. The van der Waals surface area contributed by atoms with E-state index in [1.807, 2.05) is 26.0 Å². The number of hydrogen-bond acceptors (Lipinski definition) is 3. The number of likely N-dealkylation sites (tertiary alicyclic amines) is 1. The van der Waals surface area contributed by atoms with Crippen LogP contribution in [0.15, 0.2) is 18.2 Å². The number of nitrogens with zero attached hydrogens (tertiary/aromatic N) is 1. The van der Waals surface area contributed by atoms with Gasteiger partial charge in [0.15, 0.2) is 0 Å². The van der Waals surface area contributed by atoms with Crippen LogP contribution in [-0.4, -0.2) is 41.3 Å². The van der Waals surface area contributed by atoms with Crippen LogP contribution in [0.1, 0.15) is 25.8 Å². The van der Waals surface area contributed by atoms with Crippen LogP contribution in [0.25, 0.3) is 0 Å². The summed E-state index contributed by atoms with van der Waals surface area (Å²) >= 11 is 12.0. The first-order valence-electron chi connectivity index (χ1n) is 6.95. The Morgan fingerprint density at radius 3 is 2.55 bits per heavy atom. The van der Waals surface area contributed by atoms with Gasteiger partial charge in [-0.1, -0.05) is 23.2 Å². The predicted octanol–water partition coefficient (Wildman–Crippen LogP) is 2.93. The molecule has 1 aliphatic heterocycles. The van der Waals surface area contributed by atoms with Gasteiger partial charge in [0.1, 0.15) is 0 Å². The SMILES string of the molecule is CC(C)(O)CN[C@H]1CCN(Cc2cc(Cl)cc(Cl)c2)C1. The van der Waals surface area contributed by atoms with Crippen LogP contribution in [0, 0.1) is 0 Å². The minimum absolute atomic E-state index is 0.441. The lowest BCUT2D eigenvalue weighted by Crippen LogP contribution is -2.41. The van der Waals surface area contributed by atoms with Gasteiger partial charge < -0.3 is 10.4 Å². The van der Waals surface area contributed by atoms with E-state index < -0.39 is 5.60 Å². The first kappa shape index (κ1) is 16.1. The summed E-state index contributed by atoms with van der Waals surface area (Å²) in [6, 6.07) is 6.12. The van der Waals surface area contributed by atoms with Crippen LogP contribution in [0.4, 0.5) is 0 Å². The van der Waals surface area contributed by atoms with Crippen molar-refractivity contribution < 1.29 is 5.11 Å². The first-order valence-corrected chi connectivity index (χ1v) is 7.70. The van der Waals surface area contributed by atoms with Crippen LogP contribution in [0.5, 0.6) is 0 Å². The van der Waals surface area contributed by atoms with Gasteiger partial charge in [-0.05, 0) is 44.0 Å². The molecule has 1 aromatic carbocycles. The molecule has 0 radical (unpaired) electrons. The smallest absolute Gasteiger partial charge is 0.0715 e. The molecule has 0 unspecified atom stereocenters. The summed E-state index contributed by atoms with van der Waals surface area (Å²) in [5.41, 5.74) is 0.485. The zero-order valence-corrected chi connectivity index (χ0v) is 13.5. The van der Waals surface area contributed by atoms with Crippen molar-refractivity contribution in [1.29, 1.82) is 0 Å². The fourth-order valence-corrected chi connectivity index (χ4v) is 3.07. The average Bonchev–Trinajstić information content (AvgIpc) is 2.72. The van der Waals surface area contributed by atoms with Crippen molar-refractivity contribution in [1.82, 2.24) is 10.2 Å². The number of benzene rings is 1. The second-order valence-corrected chi connectivity index (χ2v) is 7.06. The summed E-state index contributed by atoms with van der Waals surface area (Å²) < 4.78 is 0. The third-order valence-corrected chi connectivity index (χ3v) is 3.86. The van der Waals surface area contributed by atoms with Crippen molar-refractivity contribution in [3.63, 3.8) is 0 Å². The maximum absolute atomic E-state index is 9.73. The third-order valence-electron chi connectivity index (χ3n) is 3.42. The molecule has 0 spiro atoms. The molecule has 1 atom stereocenters. The van der Waals surface area contributed by atoms with Crippen LogP contribution in [0.2, 0.25) is 10.0 Å². The molecule has 0 bridgehead atoms. The summed E-state index contributed by atoms with van der Waals surface area (Å²) in [7, 11) is 0. The van der Waals surface area contributed by atoms with Crippen molar-refractivity contribution >= 4 is 23.2 Å². The molecule has 0 saturated carbocycles. The molecule has 5 heteroatoms. The molecule has 1 saturated heterocycles. The average molecular weight is 317 g/mol. The summed E-state index contributed by atoms with van der Waals surface area (Å²) in [5.74, 6) is 0. The lowest BCUT2D eigenvalue weighted by molar-refractivity contribution is 0.0766. The Bertz CT molecular complexity index is 439. The second-order valence-electron chi connectivity index (χ2n) is 6.19. The van der Waals surface area contributed by atoms with Crippen molar-refractivity contribution in [3.05, 3.63) is 33.8 Å². The highest BCUT2D eigenvalue weighted by atomic mass is 35.5. The lowest BCUT2D eigenvalue weighted by atomic mass is 10.1. The molecule has 1 fully saturated rings. The first-order chi connectivity index (χ1) is 9.32. The quantitative estimate of drug-likeness (QED) is 0.876. The number of aliphatic hydroxyl groups is 1. The highest BCUT2D eigenvalue weighted by Crippen LogP contribution is 2.21. The highest BCUT2D eigenvalue weighted by Gasteiger charge is 2.24. The van der Waals surface area contributed by atoms with Gasteiger partial charge in [-0.25, -0.2) is 0 Å². The van der Waals surface area contributed by atoms with Gasteiger partial charge in [-0.3, -0.25) is 4.90 Å². The van der Waals surface area contributed by atoms with E-state index in [0.29, 0.717) is 22.6 Å². The zero-order chi connectivity index (χ0) is 14.8. The van der Waals surface area contributed by atoms with E-state index in [2.05, 4.69) is 10.2 Å². The Hall–Kier alpha value is -0.320. The standard InChI is InChI=1S/C15H22Cl2N2O/c1-15(2,20)10-18-14-3-4-19(9-14)8-11-5-12(16)7-13(17)6-11/h5-7,14,18,20H,3-4,8-10H2,1-2H3/t14-/m0/s1. The van der Waals surface area contributed by atoms with Gasteiger partial charge in [-0.15, -0.1) is 0 Å². The fraction of sp³-hybridized carbons (Fsp3) is 0.600. The topological polar surface area (TPSA) is 35.5 Å². The van der Waals surface area contributed by atoms with Crippen LogP contribution in [0.3, 0.4) is 0 Å². The van der Waals surface area contributed by atoms with Crippen molar-refractivity contribution in [2.45, 2.75) is 38.5 Å². The lowest BCUT2D eigenvalue weighted by Gasteiger charge is -2.22. The second kappa shape index (κ2) is 6.63. The molecule has 2 N–H and O–H groups in total. The molecule has 0 amide bonds. The van der Waals surface area contributed by atoms with Gasteiger partial charge in [0, 0.05) is 42.3 Å². The minimum Gasteiger partial charge on any atom is -0.389 e. The minimum atomic E-state index is -0.659. The summed E-state index contributed by atoms with van der Waals surface area (Å²) in [6.07, 6.45) is 1.10. The monoisotopic (exact) mass is 316 g/mol. The molecular weight excluding hydrogens is 295 g/mol. The van der Waals surface area contributed by atoms with E-state index in [-0.39, 0.29) is 0 Å². The number of nitrogens with one attached hydrogen (secondary N) is 1. The third kappa shape index (κ3) is 5.23. The summed E-state index contributed by atoms with van der Waals surface area (Å²) in [4.78, 5) is 2.38. The predicted molar refractivity (Wildman–Crippen MR) is 84.4 cm³/mol. The largest absolute Gasteiger partial charge is 0.389 e. The zero-order valence-electron chi connectivity index (χ0n) is 12.0. The number of halogens is 2. The molecule has 1 aliphatic rings. The van der Waals surface area contributed by atoms with E-state index in [4.69, 9.17) is 23.2 Å². The summed E-state index contributed by atoms with van der Waals surface area (Å²) in [6.45, 7) is 7.16. The Labute approximate surface area is 130 Å². The van der Waals surface area contributed by atoms with E-state index >= 15 is 0 Å². The highest BCUT2D eigenvalue weighted by molar-refractivity contribution is 6.34. The van der Waals surface area contributed by atoms with Crippen LogP contribution < -0.4 is 5.32 Å². The maximum Gasteiger partial charge on any atom is 0.0715 e. The molecule has 1 heterocycles. The van der Waals surface area contributed by atoms with Crippen molar-refractivity contribution in [3.8, 4) is 0 Å². The van der Waals surface area contributed by atoms with E-state index in [9.17, 15) is 5.11 Å². The molecule has 112 valence electrons. The Kier molecular flexibility index (Phi) is 5.32. The van der Waals surface area contributed by atoms with Crippen molar-refractivity contribution in [2.75, 3.05) is 19.6 Å². The van der Waals surface area contributed by atoms with Gasteiger partial charge >= 0.3 is 0 Å². The van der Waals surface area contributed by atoms with E-state index in [1.165, 1.54) is 0 Å². The Morgan fingerprint density at radius 2 is 1.95 bits per heavy atom. The maximum atomic E-state index is 9.73. The molecule has 0 aliphatic carbocycles. The van der Waals surface area contributed by atoms with Gasteiger partial charge in [0.05, 0.1) is 5.60 Å². The molecule has 20 heavy (non-hydrogen) atoms. The van der Waals surface area contributed by atoms with E-state index in [0.717, 1.165) is 31.6 Å². The van der Waals surface area contributed by atoms with Gasteiger partial charge in [0.2, 0.25) is 0 Å². The Balaban J connectivity index is 1.84. The Morgan fingerprint density at radius 1 is 1.30 bits per heavy atom. The van der Waals surface area contributed by atoms with Crippen LogP contribution in [-0.2, 0) is 6.54 Å². The number of hydrogen-bond donors (Lipinski definition) is 2. The fourth-order valence-electron chi connectivity index (χ4n) is 2.50. The van der Waals surface area contributed by atoms with Crippen molar-refractivity contribution in [2.24, 2.45) is 0 Å². The summed E-state index contributed by atoms with van der Waals surface area (Å²) in [5, 5.41) is 14.5. The van der Waals surface area contributed by atoms with E-state index in [1.54, 1.807) is 6.07 Å². The molecule has 2 rings (SSSR count). The molecule has 1 aromatic rings. The molecule has 0 aromatic heterocycles.